The lowest BCUT2D eigenvalue weighted by Gasteiger charge is -2.48. The fourth-order valence-electron chi connectivity index (χ4n) is 11.2. The van der Waals surface area contributed by atoms with Crippen LogP contribution in [0, 0.1) is 0 Å². The Hall–Kier alpha value is -1.47. The number of allylic oxidation sites excluding steroid dienone is 1. The first-order chi connectivity index (χ1) is 39.3. The number of hydrogen-bond acceptors (Lipinski definition) is 18. The van der Waals surface area contributed by atoms with Crippen LogP contribution in [0.5, 0.6) is 0 Å². The Labute approximate surface area is 486 Å². The van der Waals surface area contributed by atoms with Crippen molar-refractivity contribution in [2.45, 2.75) is 349 Å². The van der Waals surface area contributed by atoms with E-state index in [2.05, 4.69) is 19.2 Å². The number of carbonyl (C=O) groups excluding carboxylic acids is 1. The van der Waals surface area contributed by atoms with E-state index in [1.807, 2.05) is 6.08 Å². The predicted octanol–water partition coefficient (Wildman–Crippen LogP) is 6.94. The highest BCUT2D eigenvalue weighted by atomic mass is 16.8. The molecule has 6 unspecified atom stereocenters. The van der Waals surface area contributed by atoms with Crippen molar-refractivity contribution < 1.29 is 89.4 Å². The van der Waals surface area contributed by atoms with Crippen LogP contribution in [0.1, 0.15) is 245 Å². The van der Waals surface area contributed by atoms with Crippen LogP contribution in [-0.2, 0) is 33.2 Å². The Kier molecular flexibility index (Phi) is 41.7. The van der Waals surface area contributed by atoms with Crippen LogP contribution >= 0.6 is 0 Å². The van der Waals surface area contributed by atoms with E-state index >= 15 is 0 Å². The third-order valence-electron chi connectivity index (χ3n) is 16.6. The van der Waals surface area contributed by atoms with Crippen molar-refractivity contribution >= 4 is 5.91 Å². The van der Waals surface area contributed by atoms with E-state index in [0.717, 1.165) is 44.9 Å². The van der Waals surface area contributed by atoms with Gasteiger partial charge >= 0.3 is 0 Å². The van der Waals surface area contributed by atoms with Gasteiger partial charge in [-0.25, -0.2) is 0 Å². The monoisotopic (exact) mass is 1160 g/mol. The minimum absolute atomic E-state index is 0.245. The van der Waals surface area contributed by atoms with Gasteiger partial charge in [-0.1, -0.05) is 231 Å². The lowest BCUT2D eigenvalue weighted by Crippen LogP contribution is -2.67. The van der Waals surface area contributed by atoms with Gasteiger partial charge in [0.2, 0.25) is 5.91 Å². The van der Waals surface area contributed by atoms with Gasteiger partial charge in [-0.3, -0.25) is 4.79 Å². The fourth-order valence-corrected chi connectivity index (χ4v) is 11.2. The number of ether oxygens (including phenoxy) is 6. The molecule has 478 valence electrons. The van der Waals surface area contributed by atoms with Crippen LogP contribution in [0.25, 0.3) is 0 Å². The number of aliphatic hydroxyl groups excluding tert-OH is 11. The SMILES string of the molecule is CCCCCCCCCCCCC/C=C/[C@@H](O)[C@H](CO[C@@H]1OC(CO)[C@@H](O[C@@H]2OC(CO)[C@@H](O)[C@H](O[C@H]3OC(CO)[C@@H](O)[C@H](O)C3O)C2O)[C@H](O)C1O)NC(=O)CCCCCCCCCCCCCCCCCCCCCCCCC. The molecule has 0 aliphatic carbocycles. The summed E-state index contributed by atoms with van der Waals surface area (Å²) < 4.78 is 34.3. The molecule has 0 aromatic carbocycles. The molecule has 3 saturated heterocycles. The summed E-state index contributed by atoms with van der Waals surface area (Å²) >= 11 is 0. The molecule has 17 atom stereocenters. The quantitative estimate of drug-likeness (QED) is 0.0217. The van der Waals surface area contributed by atoms with Gasteiger partial charge in [-0.2, -0.15) is 0 Å². The number of rotatable bonds is 49. The second-order valence-corrected chi connectivity index (χ2v) is 23.6. The van der Waals surface area contributed by atoms with Gasteiger partial charge in [0.25, 0.3) is 0 Å². The normalized spacial score (nSPS) is 29.8. The van der Waals surface area contributed by atoms with Gasteiger partial charge in [0, 0.05) is 6.42 Å². The van der Waals surface area contributed by atoms with Crippen LogP contribution in [-0.4, -0.2) is 193 Å². The highest BCUT2D eigenvalue weighted by Crippen LogP contribution is 2.33. The lowest BCUT2D eigenvalue weighted by molar-refractivity contribution is -0.380. The zero-order chi connectivity index (χ0) is 59.0. The van der Waals surface area contributed by atoms with Crippen molar-refractivity contribution in [3.8, 4) is 0 Å². The van der Waals surface area contributed by atoms with Gasteiger partial charge in [0.05, 0.1) is 38.6 Å². The number of carbonyl (C=O) groups is 1. The second kappa shape index (κ2) is 45.8. The third kappa shape index (κ3) is 29.2. The van der Waals surface area contributed by atoms with E-state index < -0.39 is 124 Å². The third-order valence-corrected chi connectivity index (χ3v) is 16.6. The molecule has 3 rings (SSSR count). The van der Waals surface area contributed by atoms with Gasteiger partial charge in [0.15, 0.2) is 18.9 Å². The molecule has 19 nitrogen and oxygen atoms in total. The summed E-state index contributed by atoms with van der Waals surface area (Å²) in [6.45, 7) is 1.71. The lowest BCUT2D eigenvalue weighted by atomic mass is 9.96. The molecule has 0 aromatic rings. The molecular formula is C62H117NO18. The summed E-state index contributed by atoms with van der Waals surface area (Å²) in [6.07, 6.45) is 20.2. The summed E-state index contributed by atoms with van der Waals surface area (Å²) in [7, 11) is 0. The summed E-state index contributed by atoms with van der Waals surface area (Å²) in [4.78, 5) is 13.4. The first-order valence-corrected chi connectivity index (χ1v) is 32.4. The predicted molar refractivity (Wildman–Crippen MR) is 310 cm³/mol. The van der Waals surface area contributed by atoms with Crippen molar-refractivity contribution in [3.63, 3.8) is 0 Å². The van der Waals surface area contributed by atoms with Crippen molar-refractivity contribution in [2.75, 3.05) is 26.4 Å². The largest absolute Gasteiger partial charge is 0.394 e. The first-order valence-electron chi connectivity index (χ1n) is 32.4. The van der Waals surface area contributed by atoms with E-state index in [-0.39, 0.29) is 18.9 Å². The summed E-state index contributed by atoms with van der Waals surface area (Å²) in [5, 5.41) is 120. The summed E-state index contributed by atoms with van der Waals surface area (Å²) in [6, 6.07) is -0.974. The summed E-state index contributed by atoms with van der Waals surface area (Å²) in [5.41, 5.74) is 0. The van der Waals surface area contributed by atoms with Gasteiger partial charge < -0.3 is 89.9 Å². The Bertz CT molecular complexity index is 1530. The maximum absolute atomic E-state index is 13.4. The molecule has 1 amide bonds. The maximum atomic E-state index is 13.4. The number of amides is 1. The fraction of sp³-hybridized carbons (Fsp3) is 0.952. The number of unbranched alkanes of at least 4 members (excludes halogenated alkanes) is 33. The minimum atomic E-state index is -1.97. The molecule has 0 radical (unpaired) electrons. The standard InChI is InChI=1S/C62H117NO18/c1-3-5-7-9-11-13-15-17-18-19-20-21-22-23-24-25-26-28-30-32-34-36-38-40-50(68)63-45(46(67)39-37-35-33-31-29-27-16-14-12-10-8-6-4-2)44-76-60-56(74)54(72)58(49(43-66)79-60)80-62-57(75)59(52(70)48(42-65)78-62)81-61-55(73)53(71)51(69)47(41-64)77-61/h37,39,45-49,51-62,64-67,69-75H,3-36,38,40-44H2,1-2H3,(H,63,68)/b39-37+/t45-,46+,47?,48?,49?,51+,52+,53-,54+,55?,56?,57?,58+,59-,60+,61+,62-/m0/s1. The van der Waals surface area contributed by atoms with Crippen molar-refractivity contribution in [1.29, 1.82) is 0 Å². The Balaban J connectivity index is 1.46. The average molecular weight is 1160 g/mol. The Morgan fingerprint density at radius 3 is 1.25 bits per heavy atom. The van der Waals surface area contributed by atoms with Crippen LogP contribution in [0.4, 0.5) is 0 Å². The van der Waals surface area contributed by atoms with E-state index in [9.17, 15) is 61.0 Å². The van der Waals surface area contributed by atoms with E-state index in [1.54, 1.807) is 6.08 Å². The van der Waals surface area contributed by atoms with Crippen molar-refractivity contribution in [3.05, 3.63) is 12.2 Å². The summed E-state index contributed by atoms with van der Waals surface area (Å²) in [5.74, 6) is -0.275. The van der Waals surface area contributed by atoms with Crippen LogP contribution in [0.2, 0.25) is 0 Å². The molecule has 0 spiro atoms. The van der Waals surface area contributed by atoms with Gasteiger partial charge in [-0.15, -0.1) is 0 Å². The Morgan fingerprint density at radius 2 is 0.802 bits per heavy atom. The number of nitrogens with one attached hydrogen (secondary N) is 1. The highest BCUT2D eigenvalue weighted by molar-refractivity contribution is 5.76. The Morgan fingerprint density at radius 1 is 0.432 bits per heavy atom. The van der Waals surface area contributed by atoms with Gasteiger partial charge in [-0.05, 0) is 19.3 Å². The molecule has 12 N–H and O–H groups in total. The minimum Gasteiger partial charge on any atom is -0.394 e. The van der Waals surface area contributed by atoms with E-state index in [4.69, 9.17) is 28.4 Å². The molecular weight excluding hydrogens is 1050 g/mol. The van der Waals surface area contributed by atoms with E-state index in [1.165, 1.54) is 173 Å². The van der Waals surface area contributed by atoms with Crippen LogP contribution in [0.15, 0.2) is 12.2 Å². The zero-order valence-electron chi connectivity index (χ0n) is 50.0. The van der Waals surface area contributed by atoms with Crippen molar-refractivity contribution in [1.82, 2.24) is 5.32 Å². The molecule has 81 heavy (non-hydrogen) atoms. The molecule has 0 bridgehead atoms. The average Bonchev–Trinajstić information content (AvgIpc) is 3.46. The molecule has 3 aliphatic rings. The molecule has 3 aliphatic heterocycles. The molecule has 3 fully saturated rings. The topological polar surface area (TPSA) is 307 Å². The van der Waals surface area contributed by atoms with Crippen LogP contribution < -0.4 is 5.32 Å². The molecule has 0 saturated carbocycles. The number of aliphatic hydroxyl groups is 11. The molecule has 0 aromatic heterocycles. The highest BCUT2D eigenvalue weighted by Gasteiger charge is 2.54. The maximum Gasteiger partial charge on any atom is 0.220 e. The second-order valence-electron chi connectivity index (χ2n) is 23.6. The molecule has 19 heteroatoms. The first kappa shape index (κ1) is 73.8. The van der Waals surface area contributed by atoms with E-state index in [0.29, 0.717) is 6.42 Å². The number of hydrogen-bond donors (Lipinski definition) is 12. The zero-order valence-corrected chi connectivity index (χ0v) is 50.0. The molecule has 3 heterocycles. The smallest absolute Gasteiger partial charge is 0.220 e. The van der Waals surface area contributed by atoms with Crippen molar-refractivity contribution in [2.24, 2.45) is 0 Å². The van der Waals surface area contributed by atoms with Crippen LogP contribution in [0.3, 0.4) is 0 Å². The van der Waals surface area contributed by atoms with Gasteiger partial charge in [0.1, 0.15) is 73.2 Å².